The molecule has 0 bridgehead atoms. The molecule has 2 N–H and O–H groups in total. The van der Waals surface area contributed by atoms with Gasteiger partial charge in [-0.2, -0.15) is 0 Å². The Morgan fingerprint density at radius 1 is 1.31 bits per heavy atom. The Morgan fingerprint density at radius 3 is 2.56 bits per heavy atom. The van der Waals surface area contributed by atoms with Crippen LogP contribution in [0.15, 0.2) is 24.3 Å². The van der Waals surface area contributed by atoms with E-state index in [1.165, 1.54) is 12.8 Å². The molecule has 0 aromatic heterocycles. The van der Waals surface area contributed by atoms with Crippen LogP contribution in [-0.4, -0.2) is 6.10 Å². The quantitative estimate of drug-likeness (QED) is 0.846. The first kappa shape index (κ1) is 11.5. The van der Waals surface area contributed by atoms with Gasteiger partial charge in [-0.3, -0.25) is 0 Å². The van der Waals surface area contributed by atoms with E-state index in [2.05, 4.69) is 32.9 Å². The lowest BCUT2D eigenvalue weighted by molar-refractivity contribution is 0.299. The Balaban J connectivity index is 2.14. The van der Waals surface area contributed by atoms with E-state index in [4.69, 9.17) is 10.5 Å². The molecule has 0 spiro atoms. The zero-order valence-electron chi connectivity index (χ0n) is 10.4. The maximum Gasteiger partial charge on any atom is 0.120 e. The summed E-state index contributed by atoms with van der Waals surface area (Å²) in [6.07, 6.45) is 2.83. The second kappa shape index (κ2) is 4.10. The van der Waals surface area contributed by atoms with Gasteiger partial charge in [0, 0.05) is 6.04 Å². The molecule has 16 heavy (non-hydrogen) atoms. The fraction of sp³-hybridized carbons (Fsp3) is 0.571. The summed E-state index contributed by atoms with van der Waals surface area (Å²) in [5.41, 5.74) is 7.47. The maximum absolute atomic E-state index is 6.23. The molecule has 1 fully saturated rings. The molecule has 1 saturated carbocycles. The third-order valence-electron chi connectivity index (χ3n) is 2.98. The second-order valence-electron chi connectivity index (χ2n) is 5.73. The van der Waals surface area contributed by atoms with Crippen molar-refractivity contribution in [1.82, 2.24) is 0 Å². The lowest BCUT2D eigenvalue weighted by atomic mass is 9.83. The molecule has 0 saturated heterocycles. The summed E-state index contributed by atoms with van der Waals surface area (Å²) in [4.78, 5) is 0. The van der Waals surface area contributed by atoms with E-state index in [9.17, 15) is 0 Å². The molecule has 1 aromatic carbocycles. The van der Waals surface area contributed by atoms with Crippen molar-refractivity contribution in [3.05, 3.63) is 29.8 Å². The third kappa shape index (κ3) is 2.76. The van der Waals surface area contributed by atoms with Crippen molar-refractivity contribution in [2.24, 2.45) is 11.1 Å². The minimum Gasteiger partial charge on any atom is -0.490 e. The molecule has 88 valence electrons. The van der Waals surface area contributed by atoms with Gasteiger partial charge in [-0.1, -0.05) is 32.9 Å². The molecule has 0 heterocycles. The molecule has 1 aromatic rings. The fourth-order valence-corrected chi connectivity index (χ4v) is 1.66. The van der Waals surface area contributed by atoms with Crippen molar-refractivity contribution >= 4 is 0 Å². The molecule has 1 aliphatic carbocycles. The zero-order valence-corrected chi connectivity index (χ0v) is 10.4. The summed E-state index contributed by atoms with van der Waals surface area (Å²) in [5.74, 6) is 0.958. The van der Waals surface area contributed by atoms with Gasteiger partial charge in [0.25, 0.3) is 0 Å². The average molecular weight is 219 g/mol. The van der Waals surface area contributed by atoms with Crippen molar-refractivity contribution in [1.29, 1.82) is 0 Å². The summed E-state index contributed by atoms with van der Waals surface area (Å²) in [6, 6.07) is 8.25. The molecule has 2 rings (SSSR count). The van der Waals surface area contributed by atoms with Crippen LogP contribution in [0.4, 0.5) is 0 Å². The monoisotopic (exact) mass is 219 g/mol. The summed E-state index contributed by atoms with van der Waals surface area (Å²) in [6.45, 7) is 6.48. The topological polar surface area (TPSA) is 35.2 Å². The van der Waals surface area contributed by atoms with Gasteiger partial charge in [0.15, 0.2) is 0 Å². The Hall–Kier alpha value is -1.02. The molecule has 0 amide bonds. The van der Waals surface area contributed by atoms with Gasteiger partial charge in [-0.25, -0.2) is 0 Å². The van der Waals surface area contributed by atoms with Crippen LogP contribution in [0.1, 0.15) is 45.2 Å². The first-order valence-corrected chi connectivity index (χ1v) is 5.99. The standard InChI is InChI=1S/C14H21NO/c1-14(2,3)13(15)10-5-4-6-12(9-10)16-11-7-8-11/h4-6,9,11,13H,7-8,15H2,1-3H3. The van der Waals surface area contributed by atoms with Gasteiger partial charge < -0.3 is 10.5 Å². The van der Waals surface area contributed by atoms with E-state index in [-0.39, 0.29) is 11.5 Å². The zero-order chi connectivity index (χ0) is 11.8. The van der Waals surface area contributed by atoms with Gasteiger partial charge in [0.1, 0.15) is 5.75 Å². The van der Waals surface area contributed by atoms with Crippen LogP contribution in [0, 0.1) is 5.41 Å². The largest absolute Gasteiger partial charge is 0.490 e. The Labute approximate surface area is 97.8 Å². The van der Waals surface area contributed by atoms with Crippen molar-refractivity contribution < 1.29 is 4.74 Å². The fourth-order valence-electron chi connectivity index (χ4n) is 1.66. The average Bonchev–Trinajstić information content (AvgIpc) is 2.99. The van der Waals surface area contributed by atoms with E-state index in [1.807, 2.05) is 12.1 Å². The smallest absolute Gasteiger partial charge is 0.120 e. The Kier molecular flexibility index (Phi) is 2.94. The van der Waals surface area contributed by atoms with Gasteiger partial charge in [0.05, 0.1) is 6.10 Å². The van der Waals surface area contributed by atoms with Gasteiger partial charge in [-0.15, -0.1) is 0 Å². The summed E-state index contributed by atoms with van der Waals surface area (Å²) >= 11 is 0. The molecule has 1 atom stereocenters. The van der Waals surface area contributed by atoms with Crippen molar-refractivity contribution in [2.75, 3.05) is 0 Å². The normalized spacial score (nSPS) is 18.2. The molecular formula is C14H21NO. The van der Waals surface area contributed by atoms with Crippen molar-refractivity contribution in [3.8, 4) is 5.75 Å². The van der Waals surface area contributed by atoms with Crippen LogP contribution in [0.5, 0.6) is 5.75 Å². The van der Waals surface area contributed by atoms with E-state index in [0.717, 1.165) is 11.3 Å². The minimum atomic E-state index is 0.0512. The lowest BCUT2D eigenvalue weighted by Crippen LogP contribution is -2.26. The van der Waals surface area contributed by atoms with Gasteiger partial charge in [0.2, 0.25) is 0 Å². The molecular weight excluding hydrogens is 198 g/mol. The Morgan fingerprint density at radius 2 is 2.00 bits per heavy atom. The van der Waals surface area contributed by atoms with Crippen LogP contribution >= 0.6 is 0 Å². The minimum absolute atomic E-state index is 0.0512. The highest BCUT2D eigenvalue weighted by Gasteiger charge is 2.25. The molecule has 0 radical (unpaired) electrons. The highest BCUT2D eigenvalue weighted by atomic mass is 16.5. The number of ether oxygens (including phenoxy) is 1. The summed E-state index contributed by atoms with van der Waals surface area (Å²) in [7, 11) is 0. The van der Waals surface area contributed by atoms with Crippen LogP contribution in [0.25, 0.3) is 0 Å². The van der Waals surface area contributed by atoms with Crippen LogP contribution in [0.2, 0.25) is 0 Å². The van der Waals surface area contributed by atoms with Gasteiger partial charge >= 0.3 is 0 Å². The number of hydrogen-bond donors (Lipinski definition) is 1. The summed E-state index contributed by atoms with van der Waals surface area (Å²) < 4.78 is 5.77. The molecule has 2 heteroatoms. The van der Waals surface area contributed by atoms with Crippen molar-refractivity contribution in [2.45, 2.75) is 45.8 Å². The first-order chi connectivity index (χ1) is 7.47. The van der Waals surface area contributed by atoms with Gasteiger partial charge in [-0.05, 0) is 36.0 Å². The van der Waals surface area contributed by atoms with E-state index in [0.29, 0.717) is 6.10 Å². The van der Waals surface area contributed by atoms with E-state index in [1.54, 1.807) is 0 Å². The number of hydrogen-bond acceptors (Lipinski definition) is 2. The summed E-state index contributed by atoms with van der Waals surface area (Å²) in [5, 5.41) is 0. The number of nitrogens with two attached hydrogens (primary N) is 1. The molecule has 0 aliphatic heterocycles. The number of rotatable bonds is 3. The Bertz CT molecular complexity index is 363. The predicted molar refractivity (Wildman–Crippen MR) is 66.5 cm³/mol. The van der Waals surface area contributed by atoms with Crippen LogP contribution in [0.3, 0.4) is 0 Å². The number of benzene rings is 1. The van der Waals surface area contributed by atoms with E-state index >= 15 is 0 Å². The first-order valence-electron chi connectivity index (χ1n) is 5.99. The third-order valence-corrected chi connectivity index (χ3v) is 2.98. The lowest BCUT2D eigenvalue weighted by Gasteiger charge is -2.27. The molecule has 1 aliphatic rings. The predicted octanol–water partition coefficient (Wildman–Crippen LogP) is 3.27. The molecule has 1 unspecified atom stereocenters. The maximum atomic E-state index is 6.23. The van der Waals surface area contributed by atoms with Crippen molar-refractivity contribution in [3.63, 3.8) is 0 Å². The highest BCUT2D eigenvalue weighted by Crippen LogP contribution is 2.33. The SMILES string of the molecule is CC(C)(C)C(N)c1cccc(OC2CC2)c1. The van der Waals surface area contributed by atoms with E-state index < -0.39 is 0 Å². The van der Waals surface area contributed by atoms with Crippen LogP contribution < -0.4 is 10.5 Å². The highest BCUT2D eigenvalue weighted by molar-refractivity contribution is 5.31. The second-order valence-corrected chi connectivity index (χ2v) is 5.73. The molecule has 2 nitrogen and oxygen atoms in total. The van der Waals surface area contributed by atoms with Crippen LogP contribution in [-0.2, 0) is 0 Å².